The third-order valence-electron chi connectivity index (χ3n) is 4.17. The highest BCUT2D eigenvalue weighted by molar-refractivity contribution is 6.32. The molecular formula is C18H18ClN3O2. The van der Waals surface area contributed by atoms with Crippen molar-refractivity contribution in [2.45, 2.75) is 27.3 Å². The van der Waals surface area contributed by atoms with Gasteiger partial charge in [-0.15, -0.1) is 0 Å². The Labute approximate surface area is 145 Å². The average molecular weight is 344 g/mol. The molecular weight excluding hydrogens is 326 g/mol. The molecule has 124 valence electrons. The summed E-state index contributed by atoms with van der Waals surface area (Å²) in [5.41, 5.74) is 3.81. The van der Waals surface area contributed by atoms with E-state index in [-0.39, 0.29) is 11.6 Å². The van der Waals surface area contributed by atoms with Crippen LogP contribution in [0, 0.1) is 13.8 Å². The van der Waals surface area contributed by atoms with E-state index in [9.17, 15) is 9.59 Å². The molecule has 0 atom stereocenters. The van der Waals surface area contributed by atoms with Crippen LogP contribution in [0.15, 0.2) is 36.0 Å². The number of aromatic nitrogens is 1. The predicted octanol–water partition coefficient (Wildman–Crippen LogP) is 3.88. The summed E-state index contributed by atoms with van der Waals surface area (Å²) >= 11 is 5.95. The summed E-state index contributed by atoms with van der Waals surface area (Å²) in [6, 6.07) is 8.19. The molecule has 3 rings (SSSR count). The number of anilines is 1. The van der Waals surface area contributed by atoms with E-state index in [1.54, 1.807) is 30.3 Å². The van der Waals surface area contributed by atoms with E-state index >= 15 is 0 Å². The smallest absolute Gasteiger partial charge is 0.333 e. The highest BCUT2D eigenvalue weighted by Crippen LogP contribution is 2.26. The van der Waals surface area contributed by atoms with Crippen LogP contribution in [0.1, 0.15) is 23.9 Å². The molecule has 2 aromatic rings. The van der Waals surface area contributed by atoms with E-state index in [4.69, 9.17) is 11.6 Å². The molecule has 1 aliphatic rings. The number of halogens is 1. The van der Waals surface area contributed by atoms with Crippen molar-refractivity contribution in [1.82, 2.24) is 9.88 Å². The van der Waals surface area contributed by atoms with Crippen molar-refractivity contribution in [2.24, 2.45) is 0 Å². The number of amides is 3. The van der Waals surface area contributed by atoms with E-state index in [1.807, 2.05) is 19.9 Å². The van der Waals surface area contributed by atoms with Crippen molar-refractivity contribution in [3.05, 3.63) is 58.0 Å². The molecule has 1 aromatic carbocycles. The summed E-state index contributed by atoms with van der Waals surface area (Å²) in [7, 11) is 0. The Morgan fingerprint density at radius 2 is 1.96 bits per heavy atom. The molecule has 2 heterocycles. The summed E-state index contributed by atoms with van der Waals surface area (Å²) in [6.45, 7) is 6.95. The molecule has 24 heavy (non-hydrogen) atoms. The van der Waals surface area contributed by atoms with Crippen LogP contribution in [0.25, 0.3) is 6.08 Å². The van der Waals surface area contributed by atoms with Gasteiger partial charge in [0.15, 0.2) is 0 Å². The van der Waals surface area contributed by atoms with Crippen LogP contribution in [0.2, 0.25) is 5.02 Å². The first-order valence-corrected chi connectivity index (χ1v) is 8.09. The highest BCUT2D eigenvalue weighted by atomic mass is 35.5. The largest absolute Gasteiger partial charge is 0.349 e. The van der Waals surface area contributed by atoms with Crippen LogP contribution in [-0.2, 0) is 11.3 Å². The van der Waals surface area contributed by atoms with Crippen molar-refractivity contribution >= 4 is 35.3 Å². The van der Waals surface area contributed by atoms with Crippen LogP contribution >= 0.6 is 11.6 Å². The maximum atomic E-state index is 12.6. The minimum absolute atomic E-state index is 0.260. The molecule has 0 aliphatic carbocycles. The van der Waals surface area contributed by atoms with E-state index < -0.39 is 6.03 Å². The van der Waals surface area contributed by atoms with Gasteiger partial charge in [0.2, 0.25) is 0 Å². The van der Waals surface area contributed by atoms with Crippen molar-refractivity contribution in [3.8, 4) is 0 Å². The fourth-order valence-electron chi connectivity index (χ4n) is 3.00. The molecule has 6 heteroatoms. The number of carbonyl (C=O) groups excluding carboxylic acids is 2. The van der Waals surface area contributed by atoms with Gasteiger partial charge in [-0.1, -0.05) is 17.7 Å². The normalized spacial score (nSPS) is 16.2. The molecule has 3 amide bonds. The maximum Gasteiger partial charge on any atom is 0.333 e. The molecule has 5 nitrogen and oxygen atoms in total. The number of rotatable bonds is 3. The number of hydrogen-bond acceptors (Lipinski definition) is 2. The van der Waals surface area contributed by atoms with Crippen molar-refractivity contribution in [2.75, 3.05) is 4.90 Å². The molecule has 0 spiro atoms. The number of aryl methyl sites for hydroxylation is 1. The predicted molar refractivity (Wildman–Crippen MR) is 95.0 cm³/mol. The lowest BCUT2D eigenvalue weighted by molar-refractivity contribution is -0.113. The number of nitrogens with one attached hydrogen (secondary N) is 1. The summed E-state index contributed by atoms with van der Waals surface area (Å²) in [4.78, 5) is 25.9. The quantitative estimate of drug-likeness (QED) is 0.679. The Balaban J connectivity index is 1.97. The Morgan fingerprint density at radius 3 is 2.58 bits per heavy atom. The minimum atomic E-state index is -0.474. The number of hydrogen-bond donors (Lipinski definition) is 1. The Bertz CT molecular complexity index is 867. The van der Waals surface area contributed by atoms with E-state index in [0.29, 0.717) is 10.7 Å². The molecule has 1 aromatic heterocycles. The van der Waals surface area contributed by atoms with Crippen molar-refractivity contribution < 1.29 is 9.59 Å². The molecule has 0 saturated carbocycles. The van der Waals surface area contributed by atoms with Gasteiger partial charge < -0.3 is 9.88 Å². The Kier molecular flexibility index (Phi) is 4.20. The van der Waals surface area contributed by atoms with Crippen LogP contribution in [0.5, 0.6) is 0 Å². The number of nitrogens with zero attached hydrogens (tertiary/aromatic N) is 2. The summed E-state index contributed by atoms with van der Waals surface area (Å²) in [6.07, 6.45) is 1.72. The molecule has 1 N–H and O–H groups in total. The first-order chi connectivity index (χ1) is 11.4. The van der Waals surface area contributed by atoms with Gasteiger partial charge in [-0.3, -0.25) is 4.79 Å². The second kappa shape index (κ2) is 6.17. The number of benzene rings is 1. The minimum Gasteiger partial charge on any atom is -0.349 e. The zero-order valence-electron chi connectivity index (χ0n) is 13.8. The lowest BCUT2D eigenvalue weighted by Crippen LogP contribution is -2.30. The number of carbonyl (C=O) groups is 2. The van der Waals surface area contributed by atoms with Gasteiger partial charge in [0.1, 0.15) is 5.70 Å². The topological polar surface area (TPSA) is 54.3 Å². The van der Waals surface area contributed by atoms with Gasteiger partial charge in [0.05, 0.1) is 5.69 Å². The van der Waals surface area contributed by atoms with Gasteiger partial charge in [-0.25, -0.2) is 9.69 Å². The molecule has 1 fully saturated rings. The monoisotopic (exact) mass is 343 g/mol. The van der Waals surface area contributed by atoms with Crippen molar-refractivity contribution in [1.29, 1.82) is 0 Å². The third kappa shape index (κ3) is 2.71. The lowest BCUT2D eigenvalue weighted by Gasteiger charge is -2.11. The summed E-state index contributed by atoms with van der Waals surface area (Å²) in [5.74, 6) is -0.386. The molecule has 0 radical (unpaired) electrons. The molecule has 0 unspecified atom stereocenters. The Morgan fingerprint density at radius 1 is 1.21 bits per heavy atom. The van der Waals surface area contributed by atoms with Gasteiger partial charge in [-0.05, 0) is 56.7 Å². The number of urea groups is 1. The fourth-order valence-corrected chi connectivity index (χ4v) is 3.19. The first kappa shape index (κ1) is 16.3. The SMILES string of the molecule is CCn1c(C)cc(/C=C2/NC(=O)N(c3cccc(Cl)c3)C2=O)c1C. The zero-order valence-corrected chi connectivity index (χ0v) is 14.5. The van der Waals surface area contributed by atoms with Crippen molar-refractivity contribution in [3.63, 3.8) is 0 Å². The maximum absolute atomic E-state index is 12.6. The standard InChI is InChI=1S/C18H18ClN3O2/c1-4-21-11(2)8-13(12(21)3)9-16-17(23)22(18(24)20-16)15-7-5-6-14(19)10-15/h5-10H,4H2,1-3H3,(H,20,24)/b16-9+. The van der Waals surface area contributed by atoms with Crippen LogP contribution in [0.4, 0.5) is 10.5 Å². The van der Waals surface area contributed by atoms with Crippen LogP contribution in [-0.4, -0.2) is 16.5 Å². The molecule has 0 bridgehead atoms. The van der Waals surface area contributed by atoms with Gasteiger partial charge in [0.25, 0.3) is 5.91 Å². The first-order valence-electron chi connectivity index (χ1n) is 7.71. The second-order valence-electron chi connectivity index (χ2n) is 5.68. The second-order valence-corrected chi connectivity index (χ2v) is 6.12. The van der Waals surface area contributed by atoms with Crippen LogP contribution < -0.4 is 10.2 Å². The fraction of sp³-hybridized carbons (Fsp3) is 0.222. The van der Waals surface area contributed by atoms with Crippen LogP contribution in [0.3, 0.4) is 0 Å². The van der Waals surface area contributed by atoms with E-state index in [1.165, 1.54) is 0 Å². The number of imide groups is 1. The third-order valence-corrected chi connectivity index (χ3v) is 4.41. The van der Waals surface area contributed by atoms with Gasteiger partial charge >= 0.3 is 6.03 Å². The average Bonchev–Trinajstić information content (AvgIpc) is 2.95. The van der Waals surface area contributed by atoms with Gasteiger partial charge in [0, 0.05) is 23.0 Å². The lowest BCUT2D eigenvalue weighted by atomic mass is 10.2. The zero-order chi connectivity index (χ0) is 17.4. The highest BCUT2D eigenvalue weighted by Gasteiger charge is 2.35. The van der Waals surface area contributed by atoms with Gasteiger partial charge in [-0.2, -0.15) is 0 Å². The molecule has 1 saturated heterocycles. The Hall–Kier alpha value is -2.53. The van der Waals surface area contributed by atoms with E-state index in [2.05, 4.69) is 16.8 Å². The van der Waals surface area contributed by atoms with E-state index in [0.717, 1.165) is 28.4 Å². The summed E-state index contributed by atoms with van der Waals surface area (Å²) < 4.78 is 2.16. The molecule has 1 aliphatic heterocycles. The summed E-state index contributed by atoms with van der Waals surface area (Å²) in [5, 5.41) is 3.11.